The van der Waals surface area contributed by atoms with Crippen LogP contribution in [0, 0.1) is 5.92 Å². The third-order valence-corrected chi connectivity index (χ3v) is 4.65. The maximum atomic E-state index is 12.4. The lowest BCUT2D eigenvalue weighted by Gasteiger charge is -2.43. The van der Waals surface area contributed by atoms with Gasteiger partial charge in [-0.1, -0.05) is 43.7 Å². The number of hydrogen-bond donors (Lipinski definition) is 2. The van der Waals surface area contributed by atoms with Crippen molar-refractivity contribution < 1.29 is 4.79 Å². The molecule has 1 aromatic rings. The zero-order chi connectivity index (χ0) is 14.4. The van der Waals surface area contributed by atoms with Crippen molar-refractivity contribution in [1.29, 1.82) is 0 Å². The quantitative estimate of drug-likeness (QED) is 0.866. The van der Waals surface area contributed by atoms with E-state index in [1.165, 1.54) is 5.56 Å². The van der Waals surface area contributed by atoms with Gasteiger partial charge in [0.2, 0.25) is 5.91 Å². The molecule has 0 spiro atoms. The molecule has 1 aliphatic rings. The van der Waals surface area contributed by atoms with E-state index in [9.17, 15) is 4.79 Å². The van der Waals surface area contributed by atoms with E-state index in [0.29, 0.717) is 0 Å². The van der Waals surface area contributed by atoms with Crippen molar-refractivity contribution in [2.75, 3.05) is 20.1 Å². The summed E-state index contributed by atoms with van der Waals surface area (Å²) in [5.41, 5.74) is 1.31. The molecule has 3 nitrogen and oxygen atoms in total. The Bertz CT molecular complexity index is 424. The van der Waals surface area contributed by atoms with Crippen LogP contribution in [-0.4, -0.2) is 26.0 Å². The summed E-state index contributed by atoms with van der Waals surface area (Å²) in [7, 11) is 1.75. The van der Waals surface area contributed by atoms with Gasteiger partial charge in [-0.3, -0.25) is 4.79 Å². The van der Waals surface area contributed by atoms with Crippen LogP contribution in [0.2, 0.25) is 0 Å². The minimum Gasteiger partial charge on any atom is -0.359 e. The number of carbonyl (C=O) groups excluding carboxylic acids is 1. The molecular formula is C17H26N2O. The molecule has 0 radical (unpaired) electrons. The highest BCUT2D eigenvalue weighted by Crippen LogP contribution is 2.42. The van der Waals surface area contributed by atoms with Crippen LogP contribution in [-0.2, 0) is 10.2 Å². The van der Waals surface area contributed by atoms with Crippen LogP contribution in [0.4, 0.5) is 0 Å². The smallest absolute Gasteiger partial charge is 0.223 e. The van der Waals surface area contributed by atoms with Crippen molar-refractivity contribution in [3.63, 3.8) is 0 Å². The Balaban J connectivity index is 2.41. The Labute approximate surface area is 122 Å². The van der Waals surface area contributed by atoms with Crippen molar-refractivity contribution >= 4 is 5.91 Å². The molecule has 1 heterocycles. The third-order valence-electron chi connectivity index (χ3n) is 4.65. The fraction of sp³-hybridized carbons (Fsp3) is 0.588. The second-order valence-electron chi connectivity index (χ2n) is 5.73. The summed E-state index contributed by atoms with van der Waals surface area (Å²) in [5.74, 6) is 0.264. The fourth-order valence-electron chi connectivity index (χ4n) is 3.60. The van der Waals surface area contributed by atoms with Gasteiger partial charge < -0.3 is 10.6 Å². The van der Waals surface area contributed by atoms with Crippen molar-refractivity contribution in [3.05, 3.63) is 35.9 Å². The van der Waals surface area contributed by atoms with Gasteiger partial charge >= 0.3 is 0 Å². The molecule has 110 valence electrons. The maximum Gasteiger partial charge on any atom is 0.223 e. The van der Waals surface area contributed by atoms with Gasteiger partial charge in [-0.2, -0.15) is 0 Å². The van der Waals surface area contributed by atoms with Crippen molar-refractivity contribution in [2.24, 2.45) is 5.92 Å². The first kappa shape index (κ1) is 15.0. The molecule has 0 aromatic heterocycles. The molecule has 1 atom stereocenters. The van der Waals surface area contributed by atoms with E-state index in [0.717, 1.165) is 38.8 Å². The standard InChI is InChI=1S/C17H26N2O/c1-3-7-15(16(20)18-2)17(10-12-19-13-11-17)14-8-5-4-6-9-14/h4-6,8-9,15,19H,3,7,10-13H2,1-2H3,(H,18,20). The average Bonchev–Trinajstić information content (AvgIpc) is 2.53. The number of piperidine rings is 1. The summed E-state index contributed by atoms with van der Waals surface area (Å²) in [5, 5.41) is 6.31. The van der Waals surface area contributed by atoms with Gasteiger partial charge in [0.1, 0.15) is 0 Å². The van der Waals surface area contributed by atoms with Gasteiger partial charge in [-0.15, -0.1) is 0 Å². The van der Waals surface area contributed by atoms with Crippen LogP contribution < -0.4 is 10.6 Å². The van der Waals surface area contributed by atoms with Crippen LogP contribution in [0.15, 0.2) is 30.3 Å². The number of carbonyl (C=O) groups is 1. The van der Waals surface area contributed by atoms with Crippen molar-refractivity contribution in [3.8, 4) is 0 Å². The number of amides is 1. The van der Waals surface area contributed by atoms with Crippen LogP contribution in [0.3, 0.4) is 0 Å². The second kappa shape index (κ2) is 6.89. The molecule has 1 amide bonds. The lowest BCUT2D eigenvalue weighted by molar-refractivity contribution is -0.127. The predicted molar refractivity (Wildman–Crippen MR) is 82.7 cm³/mol. The van der Waals surface area contributed by atoms with Gasteiger partial charge in [-0.05, 0) is 37.9 Å². The lowest BCUT2D eigenvalue weighted by Crippen LogP contribution is -2.50. The molecular weight excluding hydrogens is 248 g/mol. The molecule has 1 unspecified atom stereocenters. The molecule has 0 saturated carbocycles. The molecule has 1 saturated heterocycles. The minimum atomic E-state index is -0.0113. The molecule has 2 N–H and O–H groups in total. The van der Waals surface area contributed by atoms with Gasteiger partial charge in [0, 0.05) is 18.4 Å². The summed E-state index contributed by atoms with van der Waals surface area (Å²) >= 11 is 0. The van der Waals surface area contributed by atoms with Crippen LogP contribution in [0.1, 0.15) is 38.2 Å². The molecule has 0 bridgehead atoms. The number of rotatable bonds is 5. The zero-order valence-electron chi connectivity index (χ0n) is 12.6. The molecule has 20 heavy (non-hydrogen) atoms. The summed E-state index contributed by atoms with van der Waals surface area (Å²) in [4.78, 5) is 12.4. The van der Waals surface area contributed by atoms with Gasteiger partial charge in [-0.25, -0.2) is 0 Å². The minimum absolute atomic E-state index is 0.0113. The SMILES string of the molecule is CCCC(C(=O)NC)C1(c2ccccc2)CCNCC1. The van der Waals surface area contributed by atoms with Crippen LogP contribution >= 0.6 is 0 Å². The first-order valence-electron chi connectivity index (χ1n) is 7.72. The Kier molecular flexibility index (Phi) is 5.18. The van der Waals surface area contributed by atoms with Gasteiger partial charge in [0.05, 0.1) is 0 Å². The highest BCUT2D eigenvalue weighted by Gasteiger charge is 2.43. The molecule has 1 fully saturated rings. The average molecular weight is 274 g/mol. The molecule has 0 aliphatic carbocycles. The topological polar surface area (TPSA) is 41.1 Å². The van der Waals surface area contributed by atoms with E-state index in [-0.39, 0.29) is 17.2 Å². The Morgan fingerprint density at radius 3 is 2.50 bits per heavy atom. The molecule has 1 aliphatic heterocycles. The van der Waals surface area contributed by atoms with Crippen LogP contribution in [0.25, 0.3) is 0 Å². The first-order chi connectivity index (χ1) is 9.74. The second-order valence-corrected chi connectivity index (χ2v) is 5.73. The third kappa shape index (κ3) is 2.88. The van der Waals surface area contributed by atoms with E-state index in [2.05, 4.69) is 41.8 Å². The first-order valence-corrected chi connectivity index (χ1v) is 7.72. The van der Waals surface area contributed by atoms with Gasteiger partial charge in [0.25, 0.3) is 0 Å². The lowest BCUT2D eigenvalue weighted by atomic mass is 9.63. The van der Waals surface area contributed by atoms with Crippen molar-refractivity contribution in [1.82, 2.24) is 10.6 Å². The van der Waals surface area contributed by atoms with E-state index >= 15 is 0 Å². The molecule has 2 rings (SSSR count). The fourth-order valence-corrected chi connectivity index (χ4v) is 3.60. The molecule has 1 aromatic carbocycles. The van der Waals surface area contributed by atoms with E-state index < -0.39 is 0 Å². The summed E-state index contributed by atoms with van der Waals surface area (Å²) in [6.45, 7) is 4.15. The Morgan fingerprint density at radius 2 is 1.95 bits per heavy atom. The molecule has 3 heteroatoms. The van der Waals surface area contributed by atoms with Crippen molar-refractivity contribution in [2.45, 2.75) is 38.0 Å². The summed E-state index contributed by atoms with van der Waals surface area (Å²) < 4.78 is 0. The number of hydrogen-bond acceptors (Lipinski definition) is 2. The monoisotopic (exact) mass is 274 g/mol. The highest BCUT2D eigenvalue weighted by atomic mass is 16.1. The van der Waals surface area contributed by atoms with Gasteiger partial charge in [0.15, 0.2) is 0 Å². The normalized spacial score (nSPS) is 19.3. The maximum absolute atomic E-state index is 12.4. The summed E-state index contributed by atoms with van der Waals surface area (Å²) in [6, 6.07) is 10.6. The Hall–Kier alpha value is -1.35. The predicted octanol–water partition coefficient (Wildman–Crippen LogP) is 2.47. The van der Waals surface area contributed by atoms with Crippen LogP contribution in [0.5, 0.6) is 0 Å². The highest BCUT2D eigenvalue weighted by molar-refractivity contribution is 5.80. The van der Waals surface area contributed by atoms with E-state index in [1.807, 2.05) is 6.07 Å². The Morgan fingerprint density at radius 1 is 1.30 bits per heavy atom. The summed E-state index contributed by atoms with van der Waals surface area (Å²) in [6.07, 6.45) is 4.07. The van der Waals surface area contributed by atoms with E-state index in [1.54, 1.807) is 7.05 Å². The number of benzene rings is 1. The van der Waals surface area contributed by atoms with E-state index in [4.69, 9.17) is 0 Å². The number of nitrogens with one attached hydrogen (secondary N) is 2. The zero-order valence-corrected chi connectivity index (χ0v) is 12.6. The largest absolute Gasteiger partial charge is 0.359 e.